The molecule has 2 rings (SSSR count). The molecule has 1 aromatic heterocycles. The van der Waals surface area contributed by atoms with Crippen LogP contribution in [-0.2, 0) is 4.74 Å². The minimum Gasteiger partial charge on any atom is -0.381 e. The highest BCUT2D eigenvalue weighted by molar-refractivity contribution is 14.1. The minimum absolute atomic E-state index is 0.422. The summed E-state index contributed by atoms with van der Waals surface area (Å²) in [5.41, 5.74) is 1.16. The van der Waals surface area contributed by atoms with E-state index in [2.05, 4.69) is 48.7 Å². The SMILES string of the molecule is CCNc1nc(C2CCOCC2)nc(C(C)C)c1I. The monoisotopic (exact) mass is 375 g/mol. The van der Waals surface area contributed by atoms with Gasteiger partial charge < -0.3 is 10.1 Å². The van der Waals surface area contributed by atoms with Crippen LogP contribution in [0.3, 0.4) is 0 Å². The van der Waals surface area contributed by atoms with Crippen molar-refractivity contribution in [1.29, 1.82) is 0 Å². The lowest BCUT2D eigenvalue weighted by atomic mass is 9.99. The topological polar surface area (TPSA) is 47.0 Å². The Morgan fingerprint density at radius 2 is 2.00 bits per heavy atom. The average Bonchev–Trinajstić information content (AvgIpc) is 2.42. The van der Waals surface area contributed by atoms with Gasteiger partial charge in [0, 0.05) is 25.7 Å². The molecule has 5 heteroatoms. The smallest absolute Gasteiger partial charge is 0.143 e. The van der Waals surface area contributed by atoms with Crippen LogP contribution >= 0.6 is 22.6 Å². The largest absolute Gasteiger partial charge is 0.381 e. The summed E-state index contributed by atoms with van der Waals surface area (Å²) >= 11 is 2.35. The van der Waals surface area contributed by atoms with Crippen LogP contribution in [0.5, 0.6) is 0 Å². The summed E-state index contributed by atoms with van der Waals surface area (Å²) < 4.78 is 6.59. The van der Waals surface area contributed by atoms with E-state index in [-0.39, 0.29) is 0 Å². The van der Waals surface area contributed by atoms with Gasteiger partial charge in [0.25, 0.3) is 0 Å². The van der Waals surface area contributed by atoms with Crippen molar-refractivity contribution in [3.63, 3.8) is 0 Å². The Labute approximate surface area is 128 Å². The van der Waals surface area contributed by atoms with Crippen molar-refractivity contribution >= 4 is 28.4 Å². The summed E-state index contributed by atoms with van der Waals surface area (Å²) in [5, 5.41) is 3.36. The second kappa shape index (κ2) is 6.83. The van der Waals surface area contributed by atoms with Crippen molar-refractivity contribution in [1.82, 2.24) is 9.97 Å². The lowest BCUT2D eigenvalue weighted by Crippen LogP contribution is -2.19. The Balaban J connectivity index is 2.36. The number of anilines is 1. The van der Waals surface area contributed by atoms with Crippen LogP contribution in [0.15, 0.2) is 0 Å². The third-order valence-corrected chi connectivity index (χ3v) is 4.44. The van der Waals surface area contributed by atoms with Gasteiger partial charge in [-0.1, -0.05) is 13.8 Å². The van der Waals surface area contributed by atoms with E-state index in [0.717, 1.165) is 53.5 Å². The quantitative estimate of drug-likeness (QED) is 0.818. The molecule has 0 unspecified atom stereocenters. The van der Waals surface area contributed by atoms with E-state index >= 15 is 0 Å². The molecule has 106 valence electrons. The van der Waals surface area contributed by atoms with Gasteiger partial charge in [-0.05, 0) is 48.3 Å². The van der Waals surface area contributed by atoms with Crippen molar-refractivity contribution in [2.75, 3.05) is 25.1 Å². The highest BCUT2D eigenvalue weighted by atomic mass is 127. The molecule has 1 saturated heterocycles. The first-order valence-corrected chi connectivity index (χ1v) is 8.10. The number of rotatable bonds is 4. The van der Waals surface area contributed by atoms with Crippen LogP contribution < -0.4 is 5.32 Å². The van der Waals surface area contributed by atoms with E-state index in [1.165, 1.54) is 0 Å². The van der Waals surface area contributed by atoms with E-state index in [4.69, 9.17) is 14.7 Å². The molecule has 1 fully saturated rings. The molecule has 4 nitrogen and oxygen atoms in total. The maximum absolute atomic E-state index is 5.43. The molecule has 1 N–H and O–H groups in total. The first-order chi connectivity index (χ1) is 9.13. The van der Waals surface area contributed by atoms with Crippen LogP contribution in [0.4, 0.5) is 5.82 Å². The maximum Gasteiger partial charge on any atom is 0.143 e. The van der Waals surface area contributed by atoms with Crippen LogP contribution in [0.25, 0.3) is 0 Å². The standard InChI is InChI=1S/C14H22IN3O/c1-4-16-14-11(15)12(9(2)3)17-13(18-14)10-5-7-19-8-6-10/h9-10H,4-8H2,1-3H3,(H,16,17,18). The molecular weight excluding hydrogens is 353 g/mol. The van der Waals surface area contributed by atoms with Crippen LogP contribution in [0.2, 0.25) is 0 Å². The Bertz CT molecular complexity index is 431. The van der Waals surface area contributed by atoms with E-state index < -0.39 is 0 Å². The minimum atomic E-state index is 0.422. The van der Waals surface area contributed by atoms with Crippen molar-refractivity contribution in [3.8, 4) is 0 Å². The number of halogens is 1. The van der Waals surface area contributed by atoms with Gasteiger partial charge in [-0.3, -0.25) is 0 Å². The number of hydrogen-bond donors (Lipinski definition) is 1. The maximum atomic E-state index is 5.43. The predicted molar refractivity (Wildman–Crippen MR) is 85.8 cm³/mol. The molecule has 1 aliphatic rings. The number of aromatic nitrogens is 2. The highest BCUT2D eigenvalue weighted by Gasteiger charge is 2.22. The fourth-order valence-electron chi connectivity index (χ4n) is 2.29. The summed E-state index contributed by atoms with van der Waals surface area (Å²) in [5.74, 6) is 2.85. The summed E-state index contributed by atoms with van der Waals surface area (Å²) in [6, 6.07) is 0. The zero-order chi connectivity index (χ0) is 13.8. The van der Waals surface area contributed by atoms with E-state index in [1.54, 1.807) is 0 Å². The van der Waals surface area contributed by atoms with Crippen LogP contribution in [0.1, 0.15) is 57.0 Å². The zero-order valence-corrected chi connectivity index (χ0v) is 14.0. The summed E-state index contributed by atoms with van der Waals surface area (Å²) in [4.78, 5) is 9.57. The van der Waals surface area contributed by atoms with Crippen LogP contribution in [-0.4, -0.2) is 29.7 Å². The average molecular weight is 375 g/mol. The van der Waals surface area contributed by atoms with Crippen molar-refractivity contribution < 1.29 is 4.74 Å². The summed E-state index contributed by atoms with van der Waals surface area (Å²) in [6.45, 7) is 9.02. The molecule has 19 heavy (non-hydrogen) atoms. The van der Waals surface area contributed by atoms with Crippen molar-refractivity contribution in [2.24, 2.45) is 0 Å². The molecule has 1 aliphatic heterocycles. The first-order valence-electron chi connectivity index (χ1n) is 7.02. The van der Waals surface area contributed by atoms with Gasteiger partial charge in [-0.25, -0.2) is 9.97 Å². The molecule has 0 atom stereocenters. The van der Waals surface area contributed by atoms with Crippen molar-refractivity contribution in [2.45, 2.75) is 45.4 Å². The molecule has 0 aromatic carbocycles. The fourth-order valence-corrected chi connectivity index (χ4v) is 3.34. The van der Waals surface area contributed by atoms with Crippen LogP contribution in [0, 0.1) is 3.57 Å². The molecule has 0 saturated carbocycles. The van der Waals surface area contributed by atoms with Gasteiger partial charge in [0.1, 0.15) is 11.6 Å². The molecule has 0 amide bonds. The third-order valence-electron chi connectivity index (χ3n) is 3.37. The number of nitrogens with zero attached hydrogens (tertiary/aromatic N) is 2. The van der Waals surface area contributed by atoms with Gasteiger partial charge in [0.2, 0.25) is 0 Å². The molecule has 0 radical (unpaired) electrons. The van der Waals surface area contributed by atoms with Gasteiger partial charge in [-0.15, -0.1) is 0 Å². The first kappa shape index (κ1) is 15.0. The number of hydrogen-bond acceptors (Lipinski definition) is 4. The highest BCUT2D eigenvalue weighted by Crippen LogP contribution is 2.30. The number of ether oxygens (including phenoxy) is 1. The Kier molecular flexibility index (Phi) is 5.38. The van der Waals surface area contributed by atoms with Gasteiger partial charge >= 0.3 is 0 Å². The van der Waals surface area contributed by atoms with E-state index in [1.807, 2.05) is 0 Å². The molecule has 0 bridgehead atoms. The summed E-state index contributed by atoms with van der Waals surface area (Å²) in [6.07, 6.45) is 2.06. The molecule has 2 heterocycles. The Hall–Kier alpha value is -0.430. The summed E-state index contributed by atoms with van der Waals surface area (Å²) in [7, 11) is 0. The predicted octanol–water partition coefficient (Wildman–Crippen LogP) is 3.53. The zero-order valence-electron chi connectivity index (χ0n) is 11.9. The Morgan fingerprint density at radius 1 is 1.32 bits per heavy atom. The second-order valence-electron chi connectivity index (χ2n) is 5.20. The van der Waals surface area contributed by atoms with E-state index in [9.17, 15) is 0 Å². The van der Waals surface area contributed by atoms with Gasteiger partial charge in [-0.2, -0.15) is 0 Å². The normalized spacial score (nSPS) is 16.9. The number of nitrogens with one attached hydrogen (secondary N) is 1. The fraction of sp³-hybridized carbons (Fsp3) is 0.714. The Morgan fingerprint density at radius 3 is 2.58 bits per heavy atom. The lowest BCUT2D eigenvalue weighted by molar-refractivity contribution is 0.0835. The van der Waals surface area contributed by atoms with E-state index in [0.29, 0.717) is 11.8 Å². The second-order valence-corrected chi connectivity index (χ2v) is 6.28. The van der Waals surface area contributed by atoms with Crippen molar-refractivity contribution in [3.05, 3.63) is 15.1 Å². The lowest BCUT2D eigenvalue weighted by Gasteiger charge is -2.23. The molecule has 1 aromatic rings. The molecule has 0 aliphatic carbocycles. The van der Waals surface area contributed by atoms with Gasteiger partial charge in [0.05, 0.1) is 9.26 Å². The molecular formula is C14H22IN3O. The third kappa shape index (κ3) is 3.56. The molecule has 0 spiro atoms. The van der Waals surface area contributed by atoms with Gasteiger partial charge in [0.15, 0.2) is 0 Å².